The predicted molar refractivity (Wildman–Crippen MR) is 96.8 cm³/mol. The average Bonchev–Trinajstić information content (AvgIpc) is 3.41. The van der Waals surface area contributed by atoms with Crippen molar-refractivity contribution in [3.8, 4) is 0 Å². The molecular formula is C20H24N2O5. The fourth-order valence-corrected chi connectivity index (χ4v) is 3.53. The first-order valence-electron chi connectivity index (χ1n) is 9.11. The van der Waals surface area contributed by atoms with Gasteiger partial charge in [-0.2, -0.15) is 0 Å². The number of benzene rings is 1. The standard InChI is InChI=1S/C20H24N2O5/c1-20(2)9-15(23)17(18(26)21-10-16(24)25)19(27)22(20)11-12-3-5-13(6-4-12)14-7-8-14/h3-6,14,17H,7-11H2,1-2H3,(H,21,26)(H,24,25). The first-order chi connectivity index (χ1) is 12.7. The van der Waals surface area contributed by atoms with E-state index in [1.165, 1.54) is 18.4 Å². The third kappa shape index (κ3) is 4.18. The molecule has 7 heteroatoms. The van der Waals surface area contributed by atoms with Gasteiger partial charge in [0.25, 0.3) is 0 Å². The zero-order valence-electron chi connectivity index (χ0n) is 15.5. The van der Waals surface area contributed by atoms with Gasteiger partial charge in [-0.1, -0.05) is 24.3 Å². The van der Waals surface area contributed by atoms with Crippen molar-refractivity contribution in [1.82, 2.24) is 10.2 Å². The molecule has 1 unspecified atom stereocenters. The molecular weight excluding hydrogens is 348 g/mol. The molecule has 1 aliphatic heterocycles. The highest BCUT2D eigenvalue weighted by molar-refractivity contribution is 6.20. The number of hydrogen-bond acceptors (Lipinski definition) is 4. The zero-order chi connectivity index (χ0) is 19.8. The Bertz CT molecular complexity index is 780. The van der Waals surface area contributed by atoms with E-state index in [1.807, 2.05) is 12.1 Å². The lowest BCUT2D eigenvalue weighted by Gasteiger charge is -2.44. The second-order valence-corrected chi connectivity index (χ2v) is 7.94. The van der Waals surface area contributed by atoms with Gasteiger partial charge >= 0.3 is 5.97 Å². The molecule has 27 heavy (non-hydrogen) atoms. The Morgan fingerprint density at radius 2 is 1.81 bits per heavy atom. The Morgan fingerprint density at radius 1 is 1.19 bits per heavy atom. The number of nitrogens with zero attached hydrogens (tertiary/aromatic N) is 1. The second kappa shape index (κ2) is 7.13. The lowest BCUT2D eigenvalue weighted by molar-refractivity contribution is -0.158. The molecule has 0 radical (unpaired) electrons. The number of piperidine rings is 1. The summed E-state index contributed by atoms with van der Waals surface area (Å²) in [5.74, 6) is -3.97. The molecule has 1 atom stereocenters. The summed E-state index contributed by atoms with van der Waals surface area (Å²) in [6.45, 7) is 3.27. The van der Waals surface area contributed by atoms with Gasteiger partial charge < -0.3 is 15.3 Å². The van der Waals surface area contributed by atoms with Crippen molar-refractivity contribution in [2.75, 3.05) is 6.54 Å². The monoisotopic (exact) mass is 372 g/mol. The van der Waals surface area contributed by atoms with Gasteiger partial charge in [-0.3, -0.25) is 19.2 Å². The average molecular weight is 372 g/mol. The minimum absolute atomic E-state index is 0.0457. The maximum atomic E-state index is 12.9. The van der Waals surface area contributed by atoms with Crippen LogP contribution in [0.3, 0.4) is 0 Å². The summed E-state index contributed by atoms with van der Waals surface area (Å²) < 4.78 is 0. The highest BCUT2D eigenvalue weighted by atomic mass is 16.4. The third-order valence-electron chi connectivity index (χ3n) is 5.22. The number of ketones is 1. The van der Waals surface area contributed by atoms with Crippen LogP contribution in [0.15, 0.2) is 24.3 Å². The van der Waals surface area contributed by atoms with E-state index >= 15 is 0 Å². The summed E-state index contributed by atoms with van der Waals surface area (Å²) in [4.78, 5) is 49.7. The Hall–Kier alpha value is -2.70. The molecule has 1 aromatic rings. The van der Waals surface area contributed by atoms with Gasteiger partial charge in [-0.15, -0.1) is 0 Å². The molecule has 2 amide bonds. The van der Waals surface area contributed by atoms with Gasteiger partial charge in [0.1, 0.15) is 6.54 Å². The van der Waals surface area contributed by atoms with E-state index in [2.05, 4.69) is 17.4 Å². The minimum Gasteiger partial charge on any atom is -0.480 e. The zero-order valence-corrected chi connectivity index (χ0v) is 15.5. The van der Waals surface area contributed by atoms with Crippen molar-refractivity contribution < 1.29 is 24.3 Å². The van der Waals surface area contributed by atoms with Gasteiger partial charge in [0.05, 0.1) is 0 Å². The molecule has 1 aliphatic carbocycles. The van der Waals surface area contributed by atoms with Gasteiger partial charge in [-0.25, -0.2) is 0 Å². The van der Waals surface area contributed by atoms with Crippen molar-refractivity contribution in [3.63, 3.8) is 0 Å². The first kappa shape index (κ1) is 19.1. The number of amides is 2. The molecule has 2 N–H and O–H groups in total. The first-order valence-corrected chi connectivity index (χ1v) is 9.11. The number of carbonyl (C=O) groups is 4. The summed E-state index contributed by atoms with van der Waals surface area (Å²) in [5.41, 5.74) is 1.51. The lowest BCUT2D eigenvalue weighted by atomic mass is 9.82. The fourth-order valence-electron chi connectivity index (χ4n) is 3.53. The Balaban J connectivity index is 1.76. The van der Waals surface area contributed by atoms with Crippen LogP contribution in [-0.2, 0) is 25.7 Å². The number of carboxylic acid groups (broad SMARTS) is 1. The number of carboxylic acids is 1. The van der Waals surface area contributed by atoms with Crippen LogP contribution in [0.25, 0.3) is 0 Å². The molecule has 0 spiro atoms. The number of Topliss-reactive ketones (excluding diaryl/α,β-unsaturated/α-hetero) is 1. The van der Waals surface area contributed by atoms with Gasteiger partial charge in [0.15, 0.2) is 11.7 Å². The van der Waals surface area contributed by atoms with E-state index < -0.39 is 41.6 Å². The van der Waals surface area contributed by atoms with Crippen molar-refractivity contribution in [2.45, 2.75) is 51.1 Å². The quantitative estimate of drug-likeness (QED) is 0.736. The van der Waals surface area contributed by atoms with Crippen LogP contribution in [0.4, 0.5) is 0 Å². The summed E-state index contributed by atoms with van der Waals surface area (Å²) in [6.07, 6.45) is 2.47. The summed E-state index contributed by atoms with van der Waals surface area (Å²) in [7, 11) is 0. The molecule has 7 nitrogen and oxygen atoms in total. The molecule has 1 saturated heterocycles. The molecule has 3 rings (SSSR count). The van der Waals surface area contributed by atoms with E-state index in [0.29, 0.717) is 12.5 Å². The van der Waals surface area contributed by atoms with Crippen LogP contribution >= 0.6 is 0 Å². The number of hydrogen-bond donors (Lipinski definition) is 2. The molecule has 0 aromatic heterocycles. The van der Waals surface area contributed by atoms with E-state index in [9.17, 15) is 19.2 Å². The van der Waals surface area contributed by atoms with Crippen LogP contribution in [0, 0.1) is 5.92 Å². The molecule has 144 valence electrons. The van der Waals surface area contributed by atoms with E-state index in [1.54, 1.807) is 18.7 Å². The molecule has 1 saturated carbocycles. The van der Waals surface area contributed by atoms with Gasteiger partial charge in [-0.05, 0) is 43.7 Å². The lowest BCUT2D eigenvalue weighted by Crippen LogP contribution is -2.60. The Morgan fingerprint density at radius 3 is 2.37 bits per heavy atom. The topological polar surface area (TPSA) is 104 Å². The van der Waals surface area contributed by atoms with Crippen LogP contribution < -0.4 is 5.32 Å². The molecule has 2 fully saturated rings. The van der Waals surface area contributed by atoms with Crippen molar-refractivity contribution in [3.05, 3.63) is 35.4 Å². The maximum absolute atomic E-state index is 12.9. The van der Waals surface area contributed by atoms with Crippen LogP contribution in [0.1, 0.15) is 50.2 Å². The van der Waals surface area contributed by atoms with Crippen molar-refractivity contribution >= 4 is 23.6 Å². The third-order valence-corrected chi connectivity index (χ3v) is 5.22. The van der Waals surface area contributed by atoms with Crippen LogP contribution in [-0.4, -0.2) is 45.7 Å². The van der Waals surface area contributed by atoms with Gasteiger partial charge in [0, 0.05) is 18.5 Å². The van der Waals surface area contributed by atoms with E-state index in [0.717, 1.165) is 5.56 Å². The minimum atomic E-state index is -1.48. The predicted octanol–water partition coefficient (Wildman–Crippen LogP) is 1.46. The normalized spacial score (nSPS) is 21.9. The number of likely N-dealkylation sites (tertiary alicyclic amines) is 1. The smallest absolute Gasteiger partial charge is 0.322 e. The fraction of sp³-hybridized carbons (Fsp3) is 0.500. The highest BCUT2D eigenvalue weighted by Gasteiger charge is 2.48. The van der Waals surface area contributed by atoms with Crippen molar-refractivity contribution in [2.24, 2.45) is 5.92 Å². The SMILES string of the molecule is CC1(C)CC(=O)C(C(=O)NCC(=O)O)C(=O)N1Cc1ccc(C2CC2)cc1. The molecule has 1 aromatic carbocycles. The Kier molecular flexibility index (Phi) is 5.04. The van der Waals surface area contributed by atoms with Crippen molar-refractivity contribution in [1.29, 1.82) is 0 Å². The largest absolute Gasteiger partial charge is 0.480 e. The highest BCUT2D eigenvalue weighted by Crippen LogP contribution is 2.40. The second-order valence-electron chi connectivity index (χ2n) is 7.94. The molecule has 2 aliphatic rings. The number of carbonyl (C=O) groups excluding carboxylic acids is 3. The molecule has 1 heterocycles. The summed E-state index contributed by atoms with van der Waals surface area (Å²) >= 11 is 0. The van der Waals surface area contributed by atoms with E-state index in [4.69, 9.17) is 5.11 Å². The maximum Gasteiger partial charge on any atom is 0.322 e. The van der Waals surface area contributed by atoms with E-state index in [-0.39, 0.29) is 6.42 Å². The summed E-state index contributed by atoms with van der Waals surface area (Å²) in [5, 5.41) is 10.8. The van der Waals surface area contributed by atoms with Crippen LogP contribution in [0.5, 0.6) is 0 Å². The van der Waals surface area contributed by atoms with Crippen LogP contribution in [0.2, 0.25) is 0 Å². The van der Waals surface area contributed by atoms with Gasteiger partial charge in [0.2, 0.25) is 11.8 Å². The Labute approximate surface area is 157 Å². The number of nitrogens with one attached hydrogen (secondary N) is 1. The molecule has 0 bridgehead atoms. The summed E-state index contributed by atoms with van der Waals surface area (Å²) in [6, 6.07) is 8.09. The number of rotatable bonds is 6. The number of aliphatic carboxylic acids is 1.